The van der Waals surface area contributed by atoms with Crippen LogP contribution in [-0.4, -0.2) is 16.6 Å². The van der Waals surface area contributed by atoms with Crippen LogP contribution in [0.25, 0.3) is 11.0 Å². The summed E-state index contributed by atoms with van der Waals surface area (Å²) in [6.45, 7) is 5.41. The third-order valence-corrected chi connectivity index (χ3v) is 3.31. The number of rotatable bonds is 5. The van der Waals surface area contributed by atoms with Crippen molar-refractivity contribution in [1.82, 2.24) is 9.97 Å². The fraction of sp³-hybridized carbons (Fsp3) is 0.235. The zero-order valence-corrected chi connectivity index (χ0v) is 12.3. The lowest BCUT2D eigenvalue weighted by molar-refractivity contribution is 0.340. The number of nitrogens with zero attached hydrogens (tertiary/aromatic N) is 1. The van der Waals surface area contributed by atoms with Crippen LogP contribution in [0.2, 0.25) is 0 Å². The van der Waals surface area contributed by atoms with E-state index in [0.29, 0.717) is 6.61 Å². The molecule has 0 saturated heterocycles. The Labute approximate surface area is 124 Å². The normalized spacial score (nSPS) is 10.8. The van der Waals surface area contributed by atoms with Gasteiger partial charge in [-0.1, -0.05) is 12.1 Å². The first kappa shape index (κ1) is 13.5. The molecule has 0 aliphatic rings. The number of aryl methyl sites for hydroxylation is 1. The zero-order chi connectivity index (χ0) is 14.7. The van der Waals surface area contributed by atoms with Gasteiger partial charge in [0, 0.05) is 12.2 Å². The molecular weight excluding hydrogens is 262 g/mol. The van der Waals surface area contributed by atoms with Gasteiger partial charge in [0.2, 0.25) is 0 Å². The number of hydrogen-bond donors (Lipinski definition) is 2. The van der Waals surface area contributed by atoms with Crippen molar-refractivity contribution in [3.05, 3.63) is 53.9 Å². The van der Waals surface area contributed by atoms with Crippen molar-refractivity contribution >= 4 is 16.7 Å². The molecule has 3 aromatic rings. The van der Waals surface area contributed by atoms with Crippen LogP contribution >= 0.6 is 0 Å². The topological polar surface area (TPSA) is 49.9 Å². The van der Waals surface area contributed by atoms with Gasteiger partial charge in [0.25, 0.3) is 0 Å². The molecule has 0 spiro atoms. The van der Waals surface area contributed by atoms with Gasteiger partial charge >= 0.3 is 0 Å². The first-order valence-electron chi connectivity index (χ1n) is 7.16. The van der Waals surface area contributed by atoms with Crippen molar-refractivity contribution in [3.63, 3.8) is 0 Å². The highest BCUT2D eigenvalue weighted by molar-refractivity contribution is 5.79. The first-order valence-corrected chi connectivity index (χ1v) is 7.16. The predicted molar refractivity (Wildman–Crippen MR) is 85.8 cm³/mol. The molecule has 2 N–H and O–H groups in total. The van der Waals surface area contributed by atoms with Crippen LogP contribution in [0, 0.1) is 6.92 Å². The van der Waals surface area contributed by atoms with Gasteiger partial charge in [0.05, 0.1) is 17.6 Å². The van der Waals surface area contributed by atoms with Gasteiger partial charge in [-0.15, -0.1) is 0 Å². The van der Waals surface area contributed by atoms with Crippen molar-refractivity contribution in [2.75, 3.05) is 11.9 Å². The van der Waals surface area contributed by atoms with E-state index in [4.69, 9.17) is 4.74 Å². The first-order chi connectivity index (χ1) is 10.2. The quantitative estimate of drug-likeness (QED) is 0.746. The second-order valence-corrected chi connectivity index (χ2v) is 4.99. The van der Waals surface area contributed by atoms with Gasteiger partial charge < -0.3 is 15.0 Å². The molecule has 21 heavy (non-hydrogen) atoms. The van der Waals surface area contributed by atoms with Crippen LogP contribution in [-0.2, 0) is 6.54 Å². The Hall–Kier alpha value is -2.49. The summed E-state index contributed by atoms with van der Waals surface area (Å²) in [6.07, 6.45) is 0. The molecule has 0 bridgehead atoms. The standard InChI is InChI=1S/C17H19N3O/c1-3-21-15-6-4-5-13(9-15)11-18-14-7-8-16-17(10-14)20-12(2)19-16/h4-10,18H,3,11H2,1-2H3,(H,19,20). The molecule has 0 radical (unpaired) electrons. The summed E-state index contributed by atoms with van der Waals surface area (Å²) >= 11 is 0. The second-order valence-electron chi connectivity index (χ2n) is 4.99. The Bertz CT molecular complexity index is 749. The van der Waals surface area contributed by atoms with Crippen LogP contribution in [0.15, 0.2) is 42.5 Å². The fourth-order valence-corrected chi connectivity index (χ4v) is 2.36. The van der Waals surface area contributed by atoms with Crippen molar-refractivity contribution in [3.8, 4) is 5.75 Å². The number of fused-ring (bicyclic) bond motifs is 1. The lowest BCUT2D eigenvalue weighted by Gasteiger charge is -2.08. The number of ether oxygens (including phenoxy) is 1. The van der Waals surface area contributed by atoms with Gasteiger partial charge in [-0.3, -0.25) is 0 Å². The van der Waals surface area contributed by atoms with Gasteiger partial charge in [-0.25, -0.2) is 4.98 Å². The molecule has 0 aliphatic carbocycles. The van der Waals surface area contributed by atoms with Crippen molar-refractivity contribution in [2.24, 2.45) is 0 Å². The van der Waals surface area contributed by atoms with Crippen LogP contribution in [0.1, 0.15) is 18.3 Å². The van der Waals surface area contributed by atoms with Crippen LogP contribution in [0.5, 0.6) is 5.75 Å². The average molecular weight is 281 g/mol. The number of imidazole rings is 1. The molecule has 2 aromatic carbocycles. The highest BCUT2D eigenvalue weighted by Crippen LogP contribution is 2.19. The Morgan fingerprint density at radius 3 is 2.95 bits per heavy atom. The van der Waals surface area contributed by atoms with E-state index in [9.17, 15) is 0 Å². The maximum absolute atomic E-state index is 5.52. The maximum atomic E-state index is 5.52. The van der Waals surface area contributed by atoms with E-state index in [1.165, 1.54) is 5.56 Å². The van der Waals surface area contributed by atoms with E-state index in [0.717, 1.165) is 34.8 Å². The Balaban J connectivity index is 1.72. The minimum absolute atomic E-state index is 0.687. The Morgan fingerprint density at radius 2 is 2.10 bits per heavy atom. The number of anilines is 1. The van der Waals surface area contributed by atoms with Crippen LogP contribution in [0.3, 0.4) is 0 Å². The highest BCUT2D eigenvalue weighted by atomic mass is 16.5. The second kappa shape index (κ2) is 5.87. The van der Waals surface area contributed by atoms with E-state index >= 15 is 0 Å². The minimum atomic E-state index is 0.687. The summed E-state index contributed by atoms with van der Waals surface area (Å²) in [5, 5.41) is 3.43. The minimum Gasteiger partial charge on any atom is -0.494 e. The number of hydrogen-bond acceptors (Lipinski definition) is 3. The fourth-order valence-electron chi connectivity index (χ4n) is 2.36. The van der Waals surface area contributed by atoms with Crippen LogP contribution in [0.4, 0.5) is 5.69 Å². The zero-order valence-electron chi connectivity index (χ0n) is 12.3. The number of benzene rings is 2. The summed E-state index contributed by atoms with van der Waals surface area (Å²) in [6, 6.07) is 14.3. The molecule has 0 atom stereocenters. The largest absolute Gasteiger partial charge is 0.494 e. The van der Waals surface area contributed by atoms with E-state index in [1.807, 2.05) is 32.0 Å². The third kappa shape index (κ3) is 3.16. The molecule has 0 unspecified atom stereocenters. The van der Waals surface area contributed by atoms with Gasteiger partial charge in [-0.2, -0.15) is 0 Å². The number of aromatic amines is 1. The van der Waals surface area contributed by atoms with Gasteiger partial charge in [0.1, 0.15) is 11.6 Å². The molecule has 0 saturated carbocycles. The van der Waals surface area contributed by atoms with Crippen molar-refractivity contribution in [1.29, 1.82) is 0 Å². The number of H-pyrrole nitrogens is 1. The van der Waals surface area contributed by atoms with E-state index in [1.54, 1.807) is 0 Å². The molecular formula is C17H19N3O. The lowest BCUT2D eigenvalue weighted by atomic mass is 10.2. The Kier molecular flexibility index (Phi) is 3.77. The Morgan fingerprint density at radius 1 is 1.19 bits per heavy atom. The molecule has 0 amide bonds. The van der Waals surface area contributed by atoms with Gasteiger partial charge in [0.15, 0.2) is 0 Å². The molecule has 0 fully saturated rings. The number of nitrogens with one attached hydrogen (secondary N) is 2. The monoisotopic (exact) mass is 281 g/mol. The van der Waals surface area contributed by atoms with E-state index in [-0.39, 0.29) is 0 Å². The molecule has 0 aliphatic heterocycles. The molecule has 1 heterocycles. The highest BCUT2D eigenvalue weighted by Gasteiger charge is 2.01. The third-order valence-electron chi connectivity index (χ3n) is 3.31. The lowest BCUT2D eigenvalue weighted by Crippen LogP contribution is -2.00. The van der Waals surface area contributed by atoms with Crippen LogP contribution < -0.4 is 10.1 Å². The summed E-state index contributed by atoms with van der Waals surface area (Å²) < 4.78 is 5.52. The molecule has 3 rings (SSSR count). The SMILES string of the molecule is CCOc1cccc(CNc2ccc3nc(C)[nH]c3c2)c1. The summed E-state index contributed by atoms with van der Waals surface area (Å²) in [4.78, 5) is 7.66. The van der Waals surface area contributed by atoms with Gasteiger partial charge in [-0.05, 0) is 49.7 Å². The number of aromatic nitrogens is 2. The molecule has 108 valence electrons. The summed E-state index contributed by atoms with van der Waals surface area (Å²) in [5.74, 6) is 1.85. The molecule has 4 nitrogen and oxygen atoms in total. The maximum Gasteiger partial charge on any atom is 0.119 e. The smallest absolute Gasteiger partial charge is 0.119 e. The molecule has 1 aromatic heterocycles. The van der Waals surface area contributed by atoms with Crippen molar-refractivity contribution < 1.29 is 4.74 Å². The summed E-state index contributed by atoms with van der Waals surface area (Å²) in [7, 11) is 0. The van der Waals surface area contributed by atoms with E-state index in [2.05, 4.69) is 39.6 Å². The predicted octanol–water partition coefficient (Wildman–Crippen LogP) is 3.88. The van der Waals surface area contributed by atoms with E-state index < -0.39 is 0 Å². The summed E-state index contributed by atoms with van der Waals surface area (Å²) in [5.41, 5.74) is 4.33. The average Bonchev–Trinajstić information content (AvgIpc) is 2.85. The molecule has 4 heteroatoms. The van der Waals surface area contributed by atoms with Crippen molar-refractivity contribution in [2.45, 2.75) is 20.4 Å².